The first-order chi connectivity index (χ1) is 4.97. The summed E-state index contributed by atoms with van der Waals surface area (Å²) < 4.78 is 5.32. The van der Waals surface area contributed by atoms with E-state index in [0.717, 1.165) is 24.6 Å². The third kappa shape index (κ3) is 1.54. The van der Waals surface area contributed by atoms with E-state index in [0.29, 0.717) is 0 Å². The summed E-state index contributed by atoms with van der Waals surface area (Å²) in [6.07, 6.45) is 3.50. The number of rotatable bonds is 0. The Balaban J connectivity index is 0.000000605. The van der Waals surface area contributed by atoms with E-state index in [1.807, 2.05) is 6.07 Å². The molecule has 1 N–H and O–H groups in total. The lowest BCUT2D eigenvalue weighted by atomic mass is 10.3. The summed E-state index contributed by atoms with van der Waals surface area (Å²) in [6.45, 7) is 1.62. The molecule has 0 saturated carbocycles. The quantitative estimate of drug-likeness (QED) is 0.641. The molecule has 0 unspecified atom stereocenters. The lowest BCUT2D eigenvalue weighted by Crippen LogP contribution is -2.17. The van der Waals surface area contributed by atoms with Crippen LogP contribution >= 0.6 is 12.4 Å². The number of fused-ring (bicyclic) bond motifs is 1. The molecule has 0 aliphatic carbocycles. The highest BCUT2D eigenvalue weighted by molar-refractivity contribution is 5.85. The van der Waals surface area contributed by atoms with Crippen molar-refractivity contribution in [2.75, 3.05) is 18.5 Å². The molecule has 0 spiro atoms. The molecule has 2 heterocycles. The lowest BCUT2D eigenvalue weighted by Gasteiger charge is -2.17. The first-order valence-corrected chi connectivity index (χ1v) is 3.27. The highest BCUT2D eigenvalue weighted by Crippen LogP contribution is 2.24. The normalized spacial score (nSPS) is 13.5. The zero-order chi connectivity index (χ0) is 6.81. The molecule has 4 heteroatoms. The second-order valence-electron chi connectivity index (χ2n) is 2.15. The van der Waals surface area contributed by atoms with Crippen molar-refractivity contribution in [1.82, 2.24) is 4.98 Å². The van der Waals surface area contributed by atoms with Gasteiger partial charge >= 0.3 is 0 Å². The van der Waals surface area contributed by atoms with Gasteiger partial charge in [0, 0.05) is 18.8 Å². The molecule has 60 valence electrons. The second-order valence-corrected chi connectivity index (χ2v) is 2.15. The van der Waals surface area contributed by atoms with Crippen LogP contribution in [0.5, 0.6) is 5.75 Å². The van der Waals surface area contributed by atoms with E-state index in [1.165, 1.54) is 0 Å². The van der Waals surface area contributed by atoms with Gasteiger partial charge in [0.1, 0.15) is 12.4 Å². The van der Waals surface area contributed by atoms with Gasteiger partial charge in [-0.05, 0) is 0 Å². The van der Waals surface area contributed by atoms with Gasteiger partial charge in [-0.15, -0.1) is 12.4 Å². The van der Waals surface area contributed by atoms with Crippen molar-refractivity contribution in [2.45, 2.75) is 0 Å². The maximum atomic E-state index is 5.32. The molecule has 0 radical (unpaired) electrons. The zero-order valence-corrected chi connectivity index (χ0v) is 6.73. The fraction of sp³-hybridized carbons (Fsp3) is 0.286. The van der Waals surface area contributed by atoms with Crippen molar-refractivity contribution in [3.05, 3.63) is 18.5 Å². The van der Waals surface area contributed by atoms with Gasteiger partial charge in [0.05, 0.1) is 11.9 Å². The summed E-state index contributed by atoms with van der Waals surface area (Å²) in [4.78, 5) is 3.96. The van der Waals surface area contributed by atoms with Crippen molar-refractivity contribution >= 4 is 18.1 Å². The number of pyridine rings is 1. The molecule has 0 bridgehead atoms. The molecule has 3 nitrogen and oxygen atoms in total. The molecule has 0 atom stereocenters. The molecule has 1 aliphatic rings. The van der Waals surface area contributed by atoms with Gasteiger partial charge in [0.2, 0.25) is 0 Å². The Hall–Kier alpha value is -0.960. The average Bonchev–Trinajstić information content (AvgIpc) is 2.05. The van der Waals surface area contributed by atoms with Crippen molar-refractivity contribution in [1.29, 1.82) is 0 Å². The van der Waals surface area contributed by atoms with Crippen LogP contribution in [0.3, 0.4) is 0 Å². The van der Waals surface area contributed by atoms with Crippen molar-refractivity contribution in [3.63, 3.8) is 0 Å². The molecule has 0 fully saturated rings. The molecular weight excluding hydrogens is 164 g/mol. The maximum Gasteiger partial charge on any atom is 0.145 e. The van der Waals surface area contributed by atoms with Crippen LogP contribution in [0.1, 0.15) is 0 Å². The number of halogens is 1. The van der Waals surface area contributed by atoms with Gasteiger partial charge in [-0.1, -0.05) is 0 Å². The summed E-state index contributed by atoms with van der Waals surface area (Å²) in [5, 5.41) is 3.18. The van der Waals surface area contributed by atoms with E-state index in [2.05, 4.69) is 10.3 Å². The van der Waals surface area contributed by atoms with Crippen molar-refractivity contribution < 1.29 is 4.74 Å². The number of hydrogen-bond acceptors (Lipinski definition) is 3. The molecule has 2 rings (SSSR count). The summed E-state index contributed by atoms with van der Waals surface area (Å²) in [7, 11) is 0. The van der Waals surface area contributed by atoms with Gasteiger partial charge in [-0.3, -0.25) is 4.98 Å². The van der Waals surface area contributed by atoms with Crippen LogP contribution in [-0.4, -0.2) is 18.1 Å². The van der Waals surface area contributed by atoms with Crippen LogP contribution in [0.15, 0.2) is 18.5 Å². The smallest absolute Gasteiger partial charge is 0.145 e. The predicted octanol–water partition coefficient (Wildman–Crippen LogP) is 1.31. The number of nitrogens with one attached hydrogen (secondary N) is 1. The lowest BCUT2D eigenvalue weighted by molar-refractivity contribution is 0.323. The van der Waals surface area contributed by atoms with Gasteiger partial charge in [-0.25, -0.2) is 0 Å². The average molecular weight is 173 g/mol. The van der Waals surface area contributed by atoms with E-state index in [4.69, 9.17) is 4.74 Å². The van der Waals surface area contributed by atoms with Crippen molar-refractivity contribution in [2.24, 2.45) is 0 Å². The van der Waals surface area contributed by atoms with Crippen LogP contribution in [0.2, 0.25) is 0 Å². The Labute approximate surface area is 71.2 Å². The van der Waals surface area contributed by atoms with Gasteiger partial charge < -0.3 is 10.1 Å². The minimum absolute atomic E-state index is 0. The fourth-order valence-electron chi connectivity index (χ4n) is 0.987. The molecule has 1 aromatic heterocycles. The molecule has 0 amide bonds. The van der Waals surface area contributed by atoms with E-state index in [-0.39, 0.29) is 12.4 Å². The Morgan fingerprint density at radius 1 is 1.55 bits per heavy atom. The number of nitrogens with zero attached hydrogens (tertiary/aromatic N) is 1. The van der Waals surface area contributed by atoms with Crippen LogP contribution in [-0.2, 0) is 0 Å². The summed E-state index contributed by atoms with van der Waals surface area (Å²) in [5.41, 5.74) is 0.994. The Bertz CT molecular complexity index is 217. The first-order valence-electron chi connectivity index (χ1n) is 3.27. The zero-order valence-electron chi connectivity index (χ0n) is 5.91. The summed E-state index contributed by atoms with van der Waals surface area (Å²) in [6, 6.07) is 1.86. The number of hydrogen-bond donors (Lipinski definition) is 1. The summed E-state index contributed by atoms with van der Waals surface area (Å²) >= 11 is 0. The van der Waals surface area contributed by atoms with Crippen LogP contribution < -0.4 is 10.1 Å². The van der Waals surface area contributed by atoms with Gasteiger partial charge in [0.25, 0.3) is 0 Å². The van der Waals surface area contributed by atoms with E-state index in [1.54, 1.807) is 12.4 Å². The van der Waals surface area contributed by atoms with Crippen molar-refractivity contribution in [3.8, 4) is 5.75 Å². The monoisotopic (exact) mass is 172 g/mol. The third-order valence-electron chi connectivity index (χ3n) is 1.46. The Morgan fingerprint density at radius 3 is 3.27 bits per heavy atom. The van der Waals surface area contributed by atoms with E-state index >= 15 is 0 Å². The standard InChI is InChI=1S/C7H8N2O.ClH/c1-2-8-5-6-7(1)10-4-3-9-6;/h1-2,5,9H,3-4H2;1H. The van der Waals surface area contributed by atoms with Crippen LogP contribution in [0.4, 0.5) is 5.69 Å². The Kier molecular flexibility index (Phi) is 2.54. The second kappa shape index (κ2) is 3.44. The van der Waals surface area contributed by atoms with E-state index in [9.17, 15) is 0 Å². The SMILES string of the molecule is Cl.c1cc2c(cn1)NCCO2. The van der Waals surface area contributed by atoms with Gasteiger partial charge in [-0.2, -0.15) is 0 Å². The van der Waals surface area contributed by atoms with E-state index < -0.39 is 0 Å². The van der Waals surface area contributed by atoms with Crippen LogP contribution in [0.25, 0.3) is 0 Å². The third-order valence-corrected chi connectivity index (χ3v) is 1.46. The molecular formula is C7H9ClN2O. The molecule has 0 aromatic carbocycles. The highest BCUT2D eigenvalue weighted by atomic mass is 35.5. The number of ether oxygens (including phenoxy) is 1. The highest BCUT2D eigenvalue weighted by Gasteiger charge is 2.06. The topological polar surface area (TPSA) is 34.2 Å². The summed E-state index contributed by atoms with van der Waals surface area (Å²) in [5.74, 6) is 0.904. The number of aromatic nitrogens is 1. The van der Waals surface area contributed by atoms with Gasteiger partial charge in [0.15, 0.2) is 0 Å². The molecule has 11 heavy (non-hydrogen) atoms. The number of anilines is 1. The maximum absolute atomic E-state index is 5.32. The minimum atomic E-state index is 0. The molecule has 1 aromatic rings. The largest absolute Gasteiger partial charge is 0.489 e. The predicted molar refractivity (Wildman–Crippen MR) is 45.5 cm³/mol. The molecule has 1 aliphatic heterocycles. The first kappa shape index (κ1) is 8.14. The molecule has 0 saturated heterocycles. The fourth-order valence-corrected chi connectivity index (χ4v) is 0.987. The minimum Gasteiger partial charge on any atom is -0.489 e. The van der Waals surface area contributed by atoms with Crippen LogP contribution in [0, 0.1) is 0 Å². The Morgan fingerprint density at radius 2 is 2.45 bits per heavy atom.